The molecule has 8 nitrogen and oxygen atoms in total. The van der Waals surface area contributed by atoms with Crippen LogP contribution in [0.5, 0.6) is 28.7 Å². The van der Waals surface area contributed by atoms with E-state index in [-0.39, 0.29) is 17.2 Å². The van der Waals surface area contributed by atoms with E-state index >= 15 is 0 Å². The van der Waals surface area contributed by atoms with Gasteiger partial charge in [0.25, 0.3) is 0 Å². The van der Waals surface area contributed by atoms with Crippen molar-refractivity contribution in [1.82, 2.24) is 0 Å². The summed E-state index contributed by atoms with van der Waals surface area (Å²) in [6, 6.07) is 27.3. The fraction of sp³-hybridized carbons (Fsp3) is 0.143. The van der Waals surface area contributed by atoms with E-state index in [9.17, 15) is 10.1 Å². The maximum absolute atomic E-state index is 12.5. The number of carbonyl (C=O) groups is 1. The second-order valence-electron chi connectivity index (χ2n) is 9.71. The number of nitrogens with two attached hydrogens (primary N) is 1. The van der Waals surface area contributed by atoms with Gasteiger partial charge in [-0.05, 0) is 72.2 Å². The first-order chi connectivity index (χ1) is 21.4. The zero-order valence-corrected chi connectivity index (χ0v) is 24.8. The molecule has 9 heteroatoms. The van der Waals surface area contributed by atoms with Crippen molar-refractivity contribution in [3.05, 3.63) is 130 Å². The van der Waals surface area contributed by atoms with E-state index in [0.29, 0.717) is 41.0 Å². The Labute approximate surface area is 260 Å². The second-order valence-corrected chi connectivity index (χ2v) is 10.1. The van der Waals surface area contributed by atoms with Gasteiger partial charge in [-0.1, -0.05) is 48.0 Å². The fourth-order valence-electron chi connectivity index (χ4n) is 4.71. The van der Waals surface area contributed by atoms with Gasteiger partial charge in [-0.3, -0.25) is 0 Å². The Kier molecular flexibility index (Phi) is 9.38. The van der Waals surface area contributed by atoms with Crippen LogP contribution in [-0.2, 0) is 11.4 Å². The number of nitriles is 1. The van der Waals surface area contributed by atoms with Crippen LogP contribution in [0.1, 0.15) is 35.1 Å². The molecule has 4 aromatic rings. The Morgan fingerprint density at radius 3 is 2.43 bits per heavy atom. The van der Waals surface area contributed by atoms with E-state index in [1.165, 1.54) is 6.08 Å². The number of allylic oxidation sites excluding steroid dienone is 1. The van der Waals surface area contributed by atoms with Crippen molar-refractivity contribution in [1.29, 1.82) is 5.26 Å². The summed E-state index contributed by atoms with van der Waals surface area (Å²) in [6.45, 7) is 2.62. The van der Waals surface area contributed by atoms with Gasteiger partial charge in [0.05, 0.1) is 19.6 Å². The van der Waals surface area contributed by atoms with Crippen molar-refractivity contribution in [3.63, 3.8) is 0 Å². The number of rotatable bonds is 10. The van der Waals surface area contributed by atoms with Crippen LogP contribution in [0.15, 0.2) is 102 Å². The zero-order valence-electron chi connectivity index (χ0n) is 24.1. The van der Waals surface area contributed by atoms with E-state index in [2.05, 4.69) is 6.07 Å². The number of hydrogen-bond donors (Lipinski definition) is 1. The van der Waals surface area contributed by atoms with Crippen LogP contribution in [0, 0.1) is 11.3 Å². The van der Waals surface area contributed by atoms with E-state index in [1.54, 1.807) is 55.7 Å². The molecule has 0 spiro atoms. The Bertz CT molecular complexity index is 1760. The van der Waals surface area contributed by atoms with Crippen molar-refractivity contribution in [2.24, 2.45) is 5.73 Å². The first-order valence-corrected chi connectivity index (χ1v) is 14.2. The number of carbonyl (C=O) groups excluding carboxylic acids is 1. The van der Waals surface area contributed by atoms with Gasteiger partial charge in [0.1, 0.15) is 35.5 Å². The molecule has 1 unspecified atom stereocenters. The zero-order chi connectivity index (χ0) is 31.1. The van der Waals surface area contributed by atoms with Crippen LogP contribution in [0.25, 0.3) is 6.08 Å². The monoisotopic (exact) mass is 608 g/mol. The van der Waals surface area contributed by atoms with Crippen LogP contribution >= 0.6 is 11.6 Å². The number of hydrogen-bond acceptors (Lipinski definition) is 8. The smallest absolute Gasteiger partial charge is 0.336 e. The van der Waals surface area contributed by atoms with Gasteiger partial charge < -0.3 is 29.4 Å². The van der Waals surface area contributed by atoms with Gasteiger partial charge in [0.15, 0.2) is 11.5 Å². The van der Waals surface area contributed by atoms with Crippen molar-refractivity contribution in [3.8, 4) is 34.8 Å². The van der Waals surface area contributed by atoms with Crippen LogP contribution in [-0.4, -0.2) is 19.7 Å². The Hall–Kier alpha value is -5.39. The molecule has 0 bridgehead atoms. The van der Waals surface area contributed by atoms with Crippen molar-refractivity contribution in [2.75, 3.05) is 13.7 Å². The molecule has 0 saturated heterocycles. The summed E-state index contributed by atoms with van der Waals surface area (Å²) in [4.78, 5) is 12.5. The lowest BCUT2D eigenvalue weighted by Crippen LogP contribution is -2.21. The molecule has 1 heterocycles. The highest BCUT2D eigenvalue weighted by Crippen LogP contribution is 2.45. The lowest BCUT2D eigenvalue weighted by atomic mass is 9.83. The third-order valence-corrected chi connectivity index (χ3v) is 7.10. The van der Waals surface area contributed by atoms with Gasteiger partial charge in [0, 0.05) is 22.7 Å². The molecule has 0 aliphatic carbocycles. The van der Waals surface area contributed by atoms with Crippen molar-refractivity contribution in [2.45, 2.75) is 19.4 Å². The van der Waals surface area contributed by atoms with Crippen molar-refractivity contribution >= 4 is 23.6 Å². The number of fused-ring (bicyclic) bond motifs is 1. The summed E-state index contributed by atoms with van der Waals surface area (Å²) in [5, 5.41) is 10.7. The Morgan fingerprint density at radius 2 is 1.73 bits per heavy atom. The van der Waals surface area contributed by atoms with E-state index in [0.717, 1.165) is 22.4 Å². The lowest BCUT2D eigenvalue weighted by molar-refractivity contribution is -0.128. The van der Waals surface area contributed by atoms with Gasteiger partial charge in [-0.25, -0.2) is 4.79 Å². The predicted molar refractivity (Wildman–Crippen MR) is 167 cm³/mol. The number of nitrogens with zero attached hydrogens (tertiary/aromatic N) is 1. The number of methoxy groups -OCH3 is 1. The van der Waals surface area contributed by atoms with E-state index in [1.807, 2.05) is 49.4 Å². The summed E-state index contributed by atoms with van der Waals surface area (Å²) in [5.74, 6) is 1.29. The Morgan fingerprint density at radius 1 is 0.977 bits per heavy atom. The topological polar surface area (TPSA) is 113 Å². The second kappa shape index (κ2) is 13.7. The molecule has 222 valence electrons. The first kappa shape index (κ1) is 30.1. The van der Waals surface area contributed by atoms with E-state index in [4.69, 9.17) is 41.0 Å². The van der Waals surface area contributed by atoms with E-state index < -0.39 is 11.9 Å². The summed E-state index contributed by atoms with van der Waals surface area (Å²) < 4.78 is 28.4. The molecule has 1 aliphatic heterocycles. The average molecular weight is 609 g/mol. The lowest BCUT2D eigenvalue weighted by Gasteiger charge is -2.27. The van der Waals surface area contributed by atoms with Gasteiger partial charge in [-0.15, -0.1) is 0 Å². The molecule has 0 saturated carbocycles. The summed E-state index contributed by atoms with van der Waals surface area (Å²) in [5.41, 5.74) is 9.66. The number of benzene rings is 4. The van der Waals surface area contributed by atoms with Crippen LogP contribution in [0.3, 0.4) is 0 Å². The minimum atomic E-state index is -0.565. The predicted octanol–water partition coefficient (Wildman–Crippen LogP) is 7.16. The first-order valence-electron chi connectivity index (χ1n) is 13.8. The third kappa shape index (κ3) is 6.97. The van der Waals surface area contributed by atoms with Crippen molar-refractivity contribution < 1.29 is 28.5 Å². The van der Waals surface area contributed by atoms with Gasteiger partial charge in [0.2, 0.25) is 5.88 Å². The molecule has 0 amide bonds. The molecular weight excluding hydrogens is 580 g/mol. The molecule has 1 atom stereocenters. The highest BCUT2D eigenvalue weighted by atomic mass is 35.5. The molecule has 0 aromatic heterocycles. The quantitative estimate of drug-likeness (QED) is 0.115. The Balaban J connectivity index is 1.38. The van der Waals surface area contributed by atoms with Crippen LogP contribution in [0.4, 0.5) is 0 Å². The summed E-state index contributed by atoms with van der Waals surface area (Å²) in [7, 11) is 1.59. The normalized spacial score (nSPS) is 13.9. The maximum Gasteiger partial charge on any atom is 0.336 e. The SMILES string of the molecule is CCOc1cc(C2C(C#N)=C(N)Oc3cc(OC(=O)/C=C/c4ccc(OC)cc4)ccc32)ccc1OCc1ccc(Cl)cc1. The fourth-order valence-corrected chi connectivity index (χ4v) is 4.83. The molecule has 5 rings (SSSR count). The van der Waals surface area contributed by atoms with Gasteiger partial charge >= 0.3 is 5.97 Å². The molecule has 44 heavy (non-hydrogen) atoms. The molecular formula is C35H29ClN2O6. The summed E-state index contributed by atoms with van der Waals surface area (Å²) >= 11 is 6.00. The minimum absolute atomic E-state index is 0.0334. The average Bonchev–Trinajstić information content (AvgIpc) is 3.03. The third-order valence-electron chi connectivity index (χ3n) is 6.85. The highest BCUT2D eigenvalue weighted by Gasteiger charge is 2.32. The molecule has 1 aliphatic rings. The molecule has 4 aromatic carbocycles. The standard InChI is InChI=1S/C35H29ClN2O6/c1-3-41-32-18-24(9-16-30(32)42-21-23-4-10-25(36)11-5-23)34-28-15-14-27(19-31(28)44-35(38)29(34)20-37)43-33(39)17-8-22-6-12-26(40-2)13-7-22/h4-19,34H,3,21,38H2,1-2H3/b17-8+. The molecule has 0 radical (unpaired) electrons. The number of ether oxygens (including phenoxy) is 5. The molecule has 0 fully saturated rings. The van der Waals surface area contributed by atoms with Crippen LogP contribution in [0.2, 0.25) is 5.02 Å². The number of esters is 1. The highest BCUT2D eigenvalue weighted by molar-refractivity contribution is 6.30. The molecule has 2 N–H and O–H groups in total. The summed E-state index contributed by atoms with van der Waals surface area (Å²) in [6.07, 6.45) is 2.98. The largest absolute Gasteiger partial charge is 0.497 e. The maximum atomic E-state index is 12.5. The van der Waals surface area contributed by atoms with Crippen LogP contribution < -0.4 is 29.4 Å². The number of halogens is 1. The minimum Gasteiger partial charge on any atom is -0.497 e. The van der Waals surface area contributed by atoms with Gasteiger partial charge in [-0.2, -0.15) is 5.26 Å².